The number of aliphatic hydroxyl groups excluding tert-OH is 1. The summed E-state index contributed by atoms with van der Waals surface area (Å²) in [6.07, 6.45) is 4.52. The molecule has 6 nitrogen and oxygen atoms in total. The standard InChI is InChI=1S/C17H24N4O2/c22-12-14-6-10-20(11-7-14)17(23)18-8-3-9-21-13-19-15-4-1-2-5-16(15)21/h1-2,4-5,13-14,22H,3,6-12H2,(H,18,23). The third kappa shape index (κ3) is 3.82. The minimum atomic E-state index is 0.0110. The van der Waals surface area contributed by atoms with Gasteiger partial charge in [0.1, 0.15) is 0 Å². The smallest absolute Gasteiger partial charge is 0.317 e. The van der Waals surface area contributed by atoms with Gasteiger partial charge in [0, 0.05) is 32.8 Å². The molecule has 6 heteroatoms. The topological polar surface area (TPSA) is 70.4 Å². The van der Waals surface area contributed by atoms with Crippen molar-refractivity contribution < 1.29 is 9.90 Å². The van der Waals surface area contributed by atoms with Crippen LogP contribution in [0.3, 0.4) is 0 Å². The molecule has 2 amide bonds. The number of piperidine rings is 1. The van der Waals surface area contributed by atoms with E-state index in [1.54, 1.807) is 0 Å². The molecule has 0 atom stereocenters. The molecular weight excluding hydrogens is 292 g/mol. The number of nitrogens with one attached hydrogen (secondary N) is 1. The Kier molecular flexibility index (Phi) is 5.12. The Morgan fingerprint density at radius 3 is 2.87 bits per heavy atom. The van der Waals surface area contributed by atoms with E-state index in [1.807, 2.05) is 29.4 Å². The summed E-state index contributed by atoms with van der Waals surface area (Å²) in [5.41, 5.74) is 2.13. The van der Waals surface area contributed by atoms with Crippen molar-refractivity contribution in [1.29, 1.82) is 0 Å². The number of rotatable bonds is 5. The summed E-state index contributed by atoms with van der Waals surface area (Å²) in [6, 6.07) is 8.07. The molecule has 0 radical (unpaired) electrons. The minimum absolute atomic E-state index is 0.0110. The van der Waals surface area contributed by atoms with E-state index in [-0.39, 0.29) is 12.6 Å². The summed E-state index contributed by atoms with van der Waals surface area (Å²) in [4.78, 5) is 18.3. The van der Waals surface area contributed by atoms with E-state index in [0.717, 1.165) is 49.9 Å². The van der Waals surface area contributed by atoms with E-state index >= 15 is 0 Å². The predicted octanol–water partition coefficient (Wildman–Crippen LogP) is 1.84. The number of fused-ring (bicyclic) bond motifs is 1. The normalized spacial score (nSPS) is 16.0. The zero-order valence-corrected chi connectivity index (χ0v) is 13.3. The van der Waals surface area contributed by atoms with Gasteiger partial charge in [0.2, 0.25) is 0 Å². The van der Waals surface area contributed by atoms with Crippen molar-refractivity contribution in [2.45, 2.75) is 25.8 Å². The first-order valence-electron chi connectivity index (χ1n) is 8.31. The number of carbonyl (C=O) groups is 1. The second-order valence-electron chi connectivity index (χ2n) is 6.13. The Bertz CT molecular complexity index is 647. The van der Waals surface area contributed by atoms with Crippen molar-refractivity contribution in [2.24, 2.45) is 5.92 Å². The number of amides is 2. The molecule has 0 unspecified atom stereocenters. The Labute approximate surface area is 136 Å². The highest BCUT2D eigenvalue weighted by Crippen LogP contribution is 2.16. The largest absolute Gasteiger partial charge is 0.396 e. The van der Waals surface area contributed by atoms with Crippen molar-refractivity contribution >= 4 is 17.1 Å². The molecule has 2 N–H and O–H groups in total. The zero-order valence-electron chi connectivity index (χ0n) is 13.3. The number of hydrogen-bond donors (Lipinski definition) is 2. The maximum Gasteiger partial charge on any atom is 0.317 e. The lowest BCUT2D eigenvalue weighted by atomic mass is 9.98. The Morgan fingerprint density at radius 2 is 2.09 bits per heavy atom. The molecule has 1 aromatic carbocycles. The SMILES string of the molecule is O=C(NCCCn1cnc2ccccc21)N1CCC(CO)CC1. The van der Waals surface area contributed by atoms with Crippen molar-refractivity contribution in [1.82, 2.24) is 19.8 Å². The van der Waals surface area contributed by atoms with Gasteiger partial charge in [0.05, 0.1) is 17.4 Å². The van der Waals surface area contributed by atoms with Crippen LogP contribution in [-0.4, -0.2) is 51.8 Å². The second-order valence-corrected chi connectivity index (χ2v) is 6.13. The van der Waals surface area contributed by atoms with Crippen molar-refractivity contribution in [3.63, 3.8) is 0 Å². The molecule has 0 saturated carbocycles. The zero-order chi connectivity index (χ0) is 16.1. The summed E-state index contributed by atoms with van der Waals surface area (Å²) in [5.74, 6) is 0.355. The van der Waals surface area contributed by atoms with Crippen molar-refractivity contribution in [3.05, 3.63) is 30.6 Å². The first-order valence-corrected chi connectivity index (χ1v) is 8.31. The molecule has 2 heterocycles. The van der Waals surface area contributed by atoms with Crippen LogP contribution in [0, 0.1) is 5.92 Å². The van der Waals surface area contributed by atoms with Gasteiger partial charge < -0.3 is 19.9 Å². The van der Waals surface area contributed by atoms with Gasteiger partial charge in [0.15, 0.2) is 0 Å². The summed E-state index contributed by atoms with van der Waals surface area (Å²) >= 11 is 0. The van der Waals surface area contributed by atoms with Crippen molar-refractivity contribution in [2.75, 3.05) is 26.2 Å². The van der Waals surface area contributed by atoms with E-state index in [9.17, 15) is 4.79 Å². The summed E-state index contributed by atoms with van der Waals surface area (Å²) in [6.45, 7) is 3.21. The second kappa shape index (κ2) is 7.46. The number of aliphatic hydroxyl groups is 1. The van der Waals surface area contributed by atoms with Crippen molar-refractivity contribution in [3.8, 4) is 0 Å². The van der Waals surface area contributed by atoms with Gasteiger partial charge in [-0.2, -0.15) is 0 Å². The molecular formula is C17H24N4O2. The van der Waals surface area contributed by atoms with Gasteiger partial charge in [-0.05, 0) is 37.3 Å². The van der Waals surface area contributed by atoms with E-state index in [0.29, 0.717) is 12.5 Å². The van der Waals surface area contributed by atoms with Gasteiger partial charge in [0.25, 0.3) is 0 Å². The van der Waals surface area contributed by atoms with Crippen LogP contribution in [0.5, 0.6) is 0 Å². The lowest BCUT2D eigenvalue weighted by Gasteiger charge is -2.31. The van der Waals surface area contributed by atoms with Crippen LogP contribution in [0.25, 0.3) is 11.0 Å². The van der Waals surface area contributed by atoms with E-state index in [2.05, 4.69) is 20.9 Å². The Hall–Kier alpha value is -2.08. The predicted molar refractivity (Wildman–Crippen MR) is 89.1 cm³/mol. The molecule has 0 spiro atoms. The summed E-state index contributed by atoms with van der Waals surface area (Å²) in [7, 11) is 0. The van der Waals surface area contributed by atoms with E-state index in [4.69, 9.17) is 5.11 Å². The molecule has 1 aliphatic rings. The molecule has 1 fully saturated rings. The number of para-hydroxylation sites is 2. The van der Waals surface area contributed by atoms with E-state index in [1.165, 1.54) is 0 Å². The highest BCUT2D eigenvalue weighted by atomic mass is 16.3. The highest BCUT2D eigenvalue weighted by molar-refractivity contribution is 5.75. The first-order chi connectivity index (χ1) is 11.3. The lowest BCUT2D eigenvalue weighted by molar-refractivity contribution is 0.137. The Balaban J connectivity index is 1.40. The molecule has 1 saturated heterocycles. The average Bonchev–Trinajstić information content (AvgIpc) is 3.02. The first kappa shape index (κ1) is 15.8. The number of hydrogen-bond acceptors (Lipinski definition) is 3. The van der Waals surface area contributed by atoms with Crippen LogP contribution in [-0.2, 0) is 6.54 Å². The maximum absolute atomic E-state index is 12.1. The van der Waals surface area contributed by atoms with Gasteiger partial charge in [-0.3, -0.25) is 0 Å². The molecule has 2 aromatic rings. The fourth-order valence-corrected chi connectivity index (χ4v) is 3.06. The molecule has 0 bridgehead atoms. The molecule has 124 valence electrons. The molecule has 23 heavy (non-hydrogen) atoms. The third-order valence-corrected chi connectivity index (χ3v) is 4.54. The molecule has 1 aliphatic heterocycles. The number of nitrogens with zero attached hydrogens (tertiary/aromatic N) is 3. The number of likely N-dealkylation sites (tertiary alicyclic amines) is 1. The quantitative estimate of drug-likeness (QED) is 0.827. The fourth-order valence-electron chi connectivity index (χ4n) is 3.06. The Morgan fingerprint density at radius 1 is 1.30 bits per heavy atom. The molecule has 0 aliphatic carbocycles. The van der Waals surface area contributed by atoms with Crippen LogP contribution in [0.2, 0.25) is 0 Å². The number of aromatic nitrogens is 2. The van der Waals surface area contributed by atoms with Gasteiger partial charge in [-0.25, -0.2) is 9.78 Å². The number of benzene rings is 1. The van der Waals surface area contributed by atoms with Gasteiger partial charge in [-0.15, -0.1) is 0 Å². The molecule has 1 aromatic heterocycles. The number of imidazole rings is 1. The number of urea groups is 1. The van der Waals surface area contributed by atoms with Crippen LogP contribution in [0.15, 0.2) is 30.6 Å². The average molecular weight is 316 g/mol. The van der Waals surface area contributed by atoms with Crippen LogP contribution in [0.1, 0.15) is 19.3 Å². The highest BCUT2D eigenvalue weighted by Gasteiger charge is 2.21. The lowest BCUT2D eigenvalue weighted by Crippen LogP contribution is -2.45. The van der Waals surface area contributed by atoms with E-state index < -0.39 is 0 Å². The monoisotopic (exact) mass is 316 g/mol. The van der Waals surface area contributed by atoms with Gasteiger partial charge >= 0.3 is 6.03 Å². The fraction of sp³-hybridized carbons (Fsp3) is 0.529. The molecule has 3 rings (SSSR count). The maximum atomic E-state index is 12.1. The van der Waals surface area contributed by atoms with Crippen LogP contribution in [0.4, 0.5) is 4.79 Å². The number of carbonyl (C=O) groups excluding carboxylic acids is 1. The van der Waals surface area contributed by atoms with Crippen LogP contribution >= 0.6 is 0 Å². The summed E-state index contributed by atoms with van der Waals surface area (Å²) in [5, 5.41) is 12.1. The summed E-state index contributed by atoms with van der Waals surface area (Å²) < 4.78 is 2.12. The third-order valence-electron chi connectivity index (χ3n) is 4.54. The van der Waals surface area contributed by atoms with Gasteiger partial charge in [-0.1, -0.05) is 12.1 Å². The number of aryl methyl sites for hydroxylation is 1. The minimum Gasteiger partial charge on any atom is -0.396 e. The van der Waals surface area contributed by atoms with Crippen LogP contribution < -0.4 is 5.32 Å².